The van der Waals surface area contributed by atoms with Crippen molar-refractivity contribution in [3.05, 3.63) is 29.8 Å². The zero-order valence-electron chi connectivity index (χ0n) is 14.8. The van der Waals surface area contributed by atoms with Crippen molar-refractivity contribution < 1.29 is 14.3 Å². The van der Waals surface area contributed by atoms with Crippen LogP contribution < -0.4 is 4.74 Å². The molecule has 1 atom stereocenters. The number of nitrogens with zero attached hydrogens (tertiary/aromatic N) is 3. The van der Waals surface area contributed by atoms with Gasteiger partial charge in [0, 0.05) is 44.7 Å². The molecule has 2 heterocycles. The molecule has 7 heteroatoms. The van der Waals surface area contributed by atoms with E-state index in [0.29, 0.717) is 18.7 Å². The molecule has 2 aliphatic heterocycles. The van der Waals surface area contributed by atoms with Gasteiger partial charge in [0.15, 0.2) is 0 Å². The Morgan fingerprint density at radius 3 is 2.68 bits per heavy atom. The highest BCUT2D eigenvalue weighted by Gasteiger charge is 2.34. The minimum Gasteiger partial charge on any atom is -0.496 e. The van der Waals surface area contributed by atoms with Crippen LogP contribution >= 0.6 is 11.8 Å². The molecular formula is C18H25N3O3S. The van der Waals surface area contributed by atoms with Gasteiger partial charge in [-0.3, -0.25) is 9.59 Å². The van der Waals surface area contributed by atoms with Gasteiger partial charge >= 0.3 is 0 Å². The van der Waals surface area contributed by atoms with E-state index in [0.717, 1.165) is 37.5 Å². The summed E-state index contributed by atoms with van der Waals surface area (Å²) in [6.07, 6.45) is 0.377. The van der Waals surface area contributed by atoms with Crippen LogP contribution in [0.5, 0.6) is 5.75 Å². The molecule has 0 saturated carbocycles. The van der Waals surface area contributed by atoms with E-state index in [4.69, 9.17) is 4.74 Å². The summed E-state index contributed by atoms with van der Waals surface area (Å²) >= 11 is 1.59. The first-order valence-electron chi connectivity index (χ1n) is 8.60. The van der Waals surface area contributed by atoms with Crippen molar-refractivity contribution in [1.82, 2.24) is 14.7 Å². The largest absolute Gasteiger partial charge is 0.496 e. The summed E-state index contributed by atoms with van der Waals surface area (Å²) in [5.41, 5.74) is 0.993. The van der Waals surface area contributed by atoms with Crippen molar-refractivity contribution in [2.75, 3.05) is 52.6 Å². The number of amides is 2. The standard InChI is InChI=1S/C18H25N3O3S/c1-19-9-11-20(12-10-19)16(22)7-8-21-17(23)13-25-18(21)14-5-3-4-6-15(14)24-2/h3-6,18H,7-13H2,1-2H3/t18-/m1/s1. The third-order valence-electron chi connectivity index (χ3n) is 4.80. The van der Waals surface area contributed by atoms with Crippen molar-refractivity contribution in [3.63, 3.8) is 0 Å². The van der Waals surface area contributed by atoms with Gasteiger partial charge in [0.25, 0.3) is 0 Å². The predicted molar refractivity (Wildman–Crippen MR) is 98.6 cm³/mol. The van der Waals surface area contributed by atoms with Crippen molar-refractivity contribution in [2.45, 2.75) is 11.8 Å². The number of benzene rings is 1. The second-order valence-corrected chi connectivity index (χ2v) is 7.50. The molecule has 0 spiro atoms. The van der Waals surface area contributed by atoms with E-state index in [1.165, 1.54) is 0 Å². The summed E-state index contributed by atoms with van der Waals surface area (Å²) in [6.45, 7) is 3.82. The summed E-state index contributed by atoms with van der Waals surface area (Å²) in [7, 11) is 3.71. The Bertz CT molecular complexity index is 632. The number of likely N-dealkylation sites (N-methyl/N-ethyl adjacent to an activating group) is 1. The zero-order chi connectivity index (χ0) is 17.8. The normalized spacial score (nSPS) is 21.7. The molecule has 1 aromatic rings. The van der Waals surface area contributed by atoms with E-state index >= 15 is 0 Å². The van der Waals surface area contributed by atoms with E-state index in [9.17, 15) is 9.59 Å². The van der Waals surface area contributed by atoms with Gasteiger partial charge in [-0.1, -0.05) is 18.2 Å². The molecule has 1 aromatic carbocycles. The molecule has 25 heavy (non-hydrogen) atoms. The molecule has 0 radical (unpaired) electrons. The van der Waals surface area contributed by atoms with Gasteiger partial charge in [0.2, 0.25) is 11.8 Å². The molecular weight excluding hydrogens is 338 g/mol. The number of para-hydroxylation sites is 1. The van der Waals surface area contributed by atoms with E-state index in [1.807, 2.05) is 34.1 Å². The first-order valence-corrected chi connectivity index (χ1v) is 9.65. The second kappa shape index (κ2) is 8.10. The van der Waals surface area contributed by atoms with E-state index in [2.05, 4.69) is 11.9 Å². The maximum Gasteiger partial charge on any atom is 0.233 e. The molecule has 0 N–H and O–H groups in total. The maximum atomic E-state index is 12.5. The number of hydrogen-bond donors (Lipinski definition) is 0. The fourth-order valence-corrected chi connectivity index (χ4v) is 4.50. The monoisotopic (exact) mass is 363 g/mol. The van der Waals surface area contributed by atoms with Gasteiger partial charge in [-0.05, 0) is 13.1 Å². The molecule has 0 aliphatic carbocycles. The molecule has 3 rings (SSSR count). The van der Waals surface area contributed by atoms with Crippen LogP contribution in [-0.2, 0) is 9.59 Å². The molecule has 0 bridgehead atoms. The Labute approximate surface area is 153 Å². The van der Waals surface area contributed by atoms with Crippen LogP contribution in [0.1, 0.15) is 17.4 Å². The average molecular weight is 363 g/mol. The molecule has 0 aromatic heterocycles. The van der Waals surface area contributed by atoms with Crippen LogP contribution in [-0.4, -0.2) is 79.1 Å². The summed E-state index contributed by atoms with van der Waals surface area (Å²) in [5.74, 6) is 1.46. The van der Waals surface area contributed by atoms with Gasteiger partial charge in [0.05, 0.1) is 12.9 Å². The molecule has 2 amide bonds. The quantitative estimate of drug-likeness (QED) is 0.792. The lowest BCUT2D eigenvalue weighted by molar-refractivity contribution is -0.134. The van der Waals surface area contributed by atoms with Crippen molar-refractivity contribution >= 4 is 23.6 Å². The number of carbonyl (C=O) groups is 2. The third kappa shape index (κ3) is 4.10. The SMILES string of the molecule is COc1ccccc1[C@H]1SCC(=O)N1CCC(=O)N1CCN(C)CC1. The molecule has 0 unspecified atom stereocenters. The van der Waals surface area contributed by atoms with Gasteiger partial charge in [-0.2, -0.15) is 0 Å². The Morgan fingerprint density at radius 2 is 1.96 bits per heavy atom. The van der Waals surface area contributed by atoms with Gasteiger partial charge in [-0.25, -0.2) is 0 Å². The lowest BCUT2D eigenvalue weighted by Gasteiger charge is -2.33. The zero-order valence-corrected chi connectivity index (χ0v) is 15.6. The first-order chi connectivity index (χ1) is 12.1. The lowest BCUT2D eigenvalue weighted by atomic mass is 10.1. The molecule has 2 saturated heterocycles. The number of methoxy groups -OCH3 is 1. The van der Waals surface area contributed by atoms with Gasteiger partial charge < -0.3 is 19.4 Å². The summed E-state index contributed by atoms with van der Waals surface area (Å²) in [5, 5.41) is -0.0797. The fraction of sp³-hybridized carbons (Fsp3) is 0.556. The average Bonchev–Trinajstić information content (AvgIpc) is 3.00. The van der Waals surface area contributed by atoms with Gasteiger partial charge in [0.1, 0.15) is 11.1 Å². The Kier molecular flexibility index (Phi) is 5.86. The molecule has 136 valence electrons. The Hall–Kier alpha value is -1.73. The predicted octanol–water partition coefficient (Wildman–Crippen LogP) is 1.43. The highest BCUT2D eigenvalue weighted by atomic mass is 32.2. The van der Waals surface area contributed by atoms with Crippen molar-refractivity contribution in [3.8, 4) is 5.75 Å². The number of rotatable bonds is 5. The highest BCUT2D eigenvalue weighted by Crippen LogP contribution is 2.42. The van der Waals surface area contributed by atoms with Crippen LogP contribution in [0.3, 0.4) is 0 Å². The Morgan fingerprint density at radius 1 is 1.24 bits per heavy atom. The van der Waals surface area contributed by atoms with Gasteiger partial charge in [-0.15, -0.1) is 11.8 Å². The summed E-state index contributed by atoms with van der Waals surface area (Å²) in [4.78, 5) is 30.7. The third-order valence-corrected chi connectivity index (χ3v) is 6.03. The van der Waals surface area contributed by atoms with Crippen LogP contribution in [0.4, 0.5) is 0 Å². The van der Waals surface area contributed by atoms with E-state index in [-0.39, 0.29) is 17.2 Å². The summed E-state index contributed by atoms with van der Waals surface area (Å²) in [6, 6.07) is 7.77. The summed E-state index contributed by atoms with van der Waals surface area (Å²) < 4.78 is 5.44. The van der Waals surface area contributed by atoms with Crippen LogP contribution in [0.15, 0.2) is 24.3 Å². The topological polar surface area (TPSA) is 53.1 Å². The van der Waals surface area contributed by atoms with Crippen LogP contribution in [0, 0.1) is 0 Å². The molecule has 2 fully saturated rings. The minimum absolute atomic E-state index is 0.0797. The van der Waals surface area contributed by atoms with E-state index in [1.54, 1.807) is 18.9 Å². The number of thioether (sulfide) groups is 1. The smallest absolute Gasteiger partial charge is 0.233 e. The number of carbonyl (C=O) groups excluding carboxylic acids is 2. The first kappa shape index (κ1) is 18.1. The molecule has 2 aliphatic rings. The number of hydrogen-bond acceptors (Lipinski definition) is 5. The van der Waals surface area contributed by atoms with E-state index < -0.39 is 0 Å². The Balaban J connectivity index is 1.63. The van der Waals surface area contributed by atoms with Crippen molar-refractivity contribution in [2.24, 2.45) is 0 Å². The van der Waals surface area contributed by atoms with Crippen LogP contribution in [0.2, 0.25) is 0 Å². The fourth-order valence-electron chi connectivity index (χ4n) is 3.25. The maximum absolute atomic E-state index is 12.5. The number of piperazine rings is 1. The molecule has 6 nitrogen and oxygen atoms in total. The minimum atomic E-state index is -0.0797. The second-order valence-electron chi connectivity index (χ2n) is 6.43. The van der Waals surface area contributed by atoms with Crippen LogP contribution in [0.25, 0.3) is 0 Å². The number of ether oxygens (including phenoxy) is 1. The highest BCUT2D eigenvalue weighted by molar-refractivity contribution is 8.00. The van der Waals surface area contributed by atoms with Crippen molar-refractivity contribution in [1.29, 1.82) is 0 Å². The lowest BCUT2D eigenvalue weighted by Crippen LogP contribution is -2.47.